The zero-order chi connectivity index (χ0) is 25.9. The van der Waals surface area contributed by atoms with Crippen LogP contribution in [0.2, 0.25) is 0 Å². The third kappa shape index (κ3) is 5.41. The Labute approximate surface area is 202 Å². The first-order valence-electron chi connectivity index (χ1n) is 10.1. The summed E-state index contributed by atoms with van der Waals surface area (Å²) in [7, 11) is 0. The highest BCUT2D eigenvalue weighted by Gasteiger charge is 2.37. The molecule has 8 nitrogen and oxygen atoms in total. The van der Waals surface area contributed by atoms with Gasteiger partial charge >= 0.3 is 12.1 Å². The molecule has 2 aromatic carbocycles. The fraction of sp³-hybridized carbons (Fsp3) is 0.217. The Kier molecular flexibility index (Phi) is 7.40. The summed E-state index contributed by atoms with van der Waals surface area (Å²) in [5, 5.41) is 21.5. The Morgan fingerprint density at radius 3 is 2.63 bits per heavy atom. The average Bonchev–Trinajstić information content (AvgIpc) is 2.78. The summed E-state index contributed by atoms with van der Waals surface area (Å²) >= 11 is 0.779. The first-order valence-corrected chi connectivity index (χ1v) is 10.9. The highest BCUT2D eigenvalue weighted by molar-refractivity contribution is 7.99. The number of carbonyl (C=O) groups is 1. The van der Waals surface area contributed by atoms with Crippen molar-refractivity contribution in [2.45, 2.75) is 35.7 Å². The molecular formula is C23H18F3N3O5S. The molecule has 0 aromatic heterocycles. The van der Waals surface area contributed by atoms with Gasteiger partial charge in [0, 0.05) is 11.0 Å². The molecule has 35 heavy (non-hydrogen) atoms. The Morgan fingerprint density at radius 1 is 1.31 bits per heavy atom. The van der Waals surface area contributed by atoms with E-state index >= 15 is 0 Å². The van der Waals surface area contributed by atoms with Crippen LogP contribution in [0, 0.1) is 21.4 Å². The number of alkyl halides is 3. The SMILES string of the molecule is CCOC(=O)C1=C(C)OC(N)=C(C#N)C1c1ccc(Sc2cccc(C(F)(F)F)c2)c([N+](=O)[O-])c1. The minimum Gasteiger partial charge on any atom is -0.463 e. The molecule has 0 saturated heterocycles. The van der Waals surface area contributed by atoms with Crippen molar-refractivity contribution in [3.05, 3.63) is 86.5 Å². The number of benzene rings is 2. The maximum atomic E-state index is 13.1. The monoisotopic (exact) mass is 505 g/mol. The van der Waals surface area contributed by atoms with Crippen LogP contribution in [0.4, 0.5) is 18.9 Å². The number of nitrogens with zero attached hydrogens (tertiary/aromatic N) is 2. The van der Waals surface area contributed by atoms with Crippen molar-refractivity contribution in [2.24, 2.45) is 5.73 Å². The highest BCUT2D eigenvalue weighted by Crippen LogP contribution is 2.43. The van der Waals surface area contributed by atoms with E-state index in [9.17, 15) is 33.3 Å². The molecule has 12 heteroatoms. The van der Waals surface area contributed by atoms with Crippen molar-refractivity contribution in [3.63, 3.8) is 0 Å². The maximum absolute atomic E-state index is 13.1. The van der Waals surface area contributed by atoms with Gasteiger partial charge in [-0.2, -0.15) is 18.4 Å². The number of nitrogens with two attached hydrogens (primary N) is 1. The van der Waals surface area contributed by atoms with Gasteiger partial charge in [-0.3, -0.25) is 10.1 Å². The largest absolute Gasteiger partial charge is 0.463 e. The van der Waals surface area contributed by atoms with Gasteiger partial charge < -0.3 is 15.2 Å². The summed E-state index contributed by atoms with van der Waals surface area (Å²) in [6.07, 6.45) is -4.57. The second-order valence-corrected chi connectivity index (χ2v) is 8.34. The van der Waals surface area contributed by atoms with Crippen molar-refractivity contribution < 1.29 is 32.4 Å². The molecule has 2 N–H and O–H groups in total. The molecule has 0 amide bonds. The molecular weight excluding hydrogens is 487 g/mol. The van der Waals surface area contributed by atoms with Crippen LogP contribution in [-0.4, -0.2) is 17.5 Å². The molecule has 0 saturated carbocycles. The second kappa shape index (κ2) is 10.1. The number of hydrogen-bond acceptors (Lipinski definition) is 8. The Bertz CT molecular complexity index is 1300. The Morgan fingerprint density at radius 2 is 2.03 bits per heavy atom. The number of hydrogen-bond donors (Lipinski definition) is 1. The lowest BCUT2D eigenvalue weighted by Crippen LogP contribution is -2.25. The molecule has 0 aliphatic carbocycles. The lowest BCUT2D eigenvalue weighted by Gasteiger charge is -2.26. The predicted molar refractivity (Wildman–Crippen MR) is 119 cm³/mol. The van der Waals surface area contributed by atoms with Crippen molar-refractivity contribution >= 4 is 23.4 Å². The smallest absolute Gasteiger partial charge is 0.416 e. The molecule has 0 fully saturated rings. The number of nitro benzene ring substituents is 1. The van der Waals surface area contributed by atoms with Crippen molar-refractivity contribution in [1.29, 1.82) is 5.26 Å². The molecule has 1 aliphatic heterocycles. The van der Waals surface area contributed by atoms with Gasteiger partial charge in [0.05, 0.1) is 33.5 Å². The number of ether oxygens (including phenoxy) is 2. The van der Waals surface area contributed by atoms with Crippen LogP contribution in [0.1, 0.15) is 30.9 Å². The van der Waals surface area contributed by atoms with E-state index in [2.05, 4.69) is 0 Å². The van der Waals surface area contributed by atoms with E-state index in [1.165, 1.54) is 31.2 Å². The van der Waals surface area contributed by atoms with Gasteiger partial charge in [0.2, 0.25) is 5.88 Å². The summed E-state index contributed by atoms with van der Waals surface area (Å²) in [6, 6.07) is 10.2. The van der Waals surface area contributed by atoms with E-state index in [1.54, 1.807) is 6.92 Å². The van der Waals surface area contributed by atoms with Gasteiger partial charge in [-0.15, -0.1) is 0 Å². The molecule has 0 radical (unpaired) electrons. The fourth-order valence-corrected chi connectivity index (χ4v) is 4.45. The Balaban J connectivity index is 2.10. The zero-order valence-corrected chi connectivity index (χ0v) is 19.2. The normalized spacial score (nSPS) is 15.9. The first-order chi connectivity index (χ1) is 16.5. The topological polar surface area (TPSA) is 128 Å². The number of nitriles is 1. The Hall–Kier alpha value is -3.98. The van der Waals surface area contributed by atoms with Crippen LogP contribution < -0.4 is 5.73 Å². The third-order valence-corrected chi connectivity index (χ3v) is 6.06. The molecule has 1 atom stereocenters. The van der Waals surface area contributed by atoms with Crippen LogP contribution >= 0.6 is 11.8 Å². The third-order valence-electron chi connectivity index (χ3n) is 5.00. The van der Waals surface area contributed by atoms with Gasteiger partial charge in [0.1, 0.15) is 17.4 Å². The molecule has 1 unspecified atom stereocenters. The highest BCUT2D eigenvalue weighted by atomic mass is 32.2. The molecule has 1 heterocycles. The van der Waals surface area contributed by atoms with Crippen LogP contribution in [0.5, 0.6) is 0 Å². The van der Waals surface area contributed by atoms with Gasteiger partial charge in [0.25, 0.3) is 5.69 Å². The predicted octanol–water partition coefficient (Wildman–Crippen LogP) is 5.41. The van der Waals surface area contributed by atoms with E-state index in [0.29, 0.717) is 0 Å². The summed E-state index contributed by atoms with van der Waals surface area (Å²) in [4.78, 5) is 24.0. The minimum absolute atomic E-state index is 0.0369. The summed E-state index contributed by atoms with van der Waals surface area (Å²) in [5.74, 6) is -2.05. The molecule has 0 bridgehead atoms. The minimum atomic E-state index is -4.57. The molecule has 182 valence electrons. The van der Waals surface area contributed by atoms with Crippen LogP contribution in [0.3, 0.4) is 0 Å². The van der Waals surface area contributed by atoms with Crippen molar-refractivity contribution in [2.75, 3.05) is 6.61 Å². The van der Waals surface area contributed by atoms with E-state index in [0.717, 1.165) is 30.0 Å². The van der Waals surface area contributed by atoms with Crippen LogP contribution in [0.25, 0.3) is 0 Å². The summed E-state index contributed by atoms with van der Waals surface area (Å²) in [5.41, 5.74) is 4.55. The molecule has 2 aromatic rings. The van der Waals surface area contributed by atoms with E-state index in [1.807, 2.05) is 6.07 Å². The van der Waals surface area contributed by atoms with Crippen LogP contribution in [0.15, 0.2) is 75.0 Å². The summed E-state index contributed by atoms with van der Waals surface area (Å²) in [6.45, 7) is 3.08. The van der Waals surface area contributed by atoms with Gasteiger partial charge in [0.15, 0.2) is 0 Å². The van der Waals surface area contributed by atoms with Crippen LogP contribution in [-0.2, 0) is 20.4 Å². The lowest BCUT2D eigenvalue weighted by atomic mass is 9.83. The standard InChI is InChI=1S/C23H18F3N3O5S/c1-3-33-22(30)19-12(2)34-21(28)16(11-27)20(19)13-7-8-18(17(9-13)29(31)32)35-15-6-4-5-14(10-15)23(24,25)26/h4-10,20H,3,28H2,1-2H3. The van der Waals surface area contributed by atoms with E-state index in [4.69, 9.17) is 15.2 Å². The average molecular weight is 505 g/mol. The second-order valence-electron chi connectivity index (χ2n) is 7.23. The first kappa shape index (κ1) is 25.6. The zero-order valence-electron chi connectivity index (χ0n) is 18.4. The number of halogens is 3. The number of rotatable bonds is 6. The quantitative estimate of drug-likeness (QED) is 0.314. The van der Waals surface area contributed by atoms with Gasteiger partial charge in [-0.25, -0.2) is 4.79 Å². The van der Waals surface area contributed by atoms with Gasteiger partial charge in [-0.1, -0.05) is 23.9 Å². The van der Waals surface area contributed by atoms with Crippen molar-refractivity contribution in [3.8, 4) is 6.07 Å². The number of allylic oxidation sites excluding steroid dienone is 2. The number of esters is 1. The van der Waals surface area contributed by atoms with Gasteiger partial charge in [-0.05, 0) is 43.7 Å². The van der Waals surface area contributed by atoms with E-state index < -0.39 is 34.2 Å². The fourth-order valence-electron chi connectivity index (χ4n) is 3.49. The number of carbonyl (C=O) groups excluding carboxylic acids is 1. The lowest BCUT2D eigenvalue weighted by molar-refractivity contribution is -0.387. The molecule has 3 rings (SSSR count). The molecule has 0 spiro atoms. The maximum Gasteiger partial charge on any atom is 0.416 e. The summed E-state index contributed by atoms with van der Waals surface area (Å²) < 4.78 is 49.6. The van der Waals surface area contributed by atoms with E-state index in [-0.39, 0.29) is 44.7 Å². The molecule has 1 aliphatic rings. The number of nitro groups is 1. The van der Waals surface area contributed by atoms with Crippen molar-refractivity contribution in [1.82, 2.24) is 0 Å².